The summed E-state index contributed by atoms with van der Waals surface area (Å²) in [4.78, 5) is 0. The van der Waals surface area contributed by atoms with Crippen LogP contribution in [0.2, 0.25) is 0 Å². The molecule has 4 nitrogen and oxygen atoms in total. The predicted molar refractivity (Wildman–Crippen MR) is 150 cm³/mol. The van der Waals surface area contributed by atoms with Gasteiger partial charge in [0.2, 0.25) is 0 Å². The van der Waals surface area contributed by atoms with Crippen molar-refractivity contribution in [2.24, 2.45) is 0 Å². The second kappa shape index (κ2) is 8.61. The van der Waals surface area contributed by atoms with E-state index in [1.54, 1.807) is 0 Å². The van der Waals surface area contributed by atoms with Gasteiger partial charge in [0.1, 0.15) is 11.2 Å². The first kappa shape index (κ1) is 21.3. The fourth-order valence-electron chi connectivity index (χ4n) is 4.96. The summed E-state index contributed by atoms with van der Waals surface area (Å²) in [6.45, 7) is 2.09. The number of hydrogen-bond acceptors (Lipinski definition) is 3. The molecule has 7 aromatic rings. The lowest BCUT2D eigenvalue weighted by molar-refractivity contribution is 0.670. The summed E-state index contributed by atoms with van der Waals surface area (Å²) in [5, 5.41) is 11.5. The highest BCUT2D eigenvalue weighted by Gasteiger charge is 2.18. The fourth-order valence-corrected chi connectivity index (χ4v) is 4.96. The molecular formula is C33H23N3O. The summed E-state index contributed by atoms with van der Waals surface area (Å²) >= 11 is 0. The number of fused-ring (bicyclic) bond motifs is 3. The van der Waals surface area contributed by atoms with Crippen LogP contribution in [-0.2, 0) is 0 Å². The zero-order chi connectivity index (χ0) is 24.8. The Bertz CT molecular complexity index is 1860. The molecule has 0 aliphatic carbocycles. The zero-order valence-corrected chi connectivity index (χ0v) is 20.3. The molecule has 0 fully saturated rings. The number of aryl methyl sites for hydroxylation is 1. The molecule has 0 amide bonds. The summed E-state index contributed by atoms with van der Waals surface area (Å²) in [5.74, 6) is 1.62. The number of rotatable bonds is 4. The first-order valence-electron chi connectivity index (χ1n) is 12.4. The van der Waals surface area contributed by atoms with E-state index in [2.05, 4.69) is 107 Å². The molecule has 0 aliphatic heterocycles. The predicted octanol–water partition coefficient (Wildman–Crippen LogP) is 8.48. The van der Waals surface area contributed by atoms with Crippen LogP contribution in [0.5, 0.6) is 0 Å². The third-order valence-electron chi connectivity index (χ3n) is 6.85. The Morgan fingerprint density at radius 3 is 1.92 bits per heavy atom. The molecule has 2 heterocycles. The summed E-state index contributed by atoms with van der Waals surface area (Å²) < 4.78 is 8.39. The van der Waals surface area contributed by atoms with Crippen molar-refractivity contribution in [3.63, 3.8) is 0 Å². The van der Waals surface area contributed by atoms with Gasteiger partial charge in [-0.25, -0.2) is 0 Å². The van der Waals surface area contributed by atoms with E-state index < -0.39 is 0 Å². The lowest BCUT2D eigenvalue weighted by atomic mass is 10.0. The van der Waals surface area contributed by atoms with E-state index in [-0.39, 0.29) is 0 Å². The van der Waals surface area contributed by atoms with Gasteiger partial charge in [0.15, 0.2) is 11.6 Å². The van der Waals surface area contributed by atoms with Gasteiger partial charge in [0.05, 0.1) is 0 Å². The van der Waals surface area contributed by atoms with Crippen LogP contribution in [0.1, 0.15) is 5.56 Å². The van der Waals surface area contributed by atoms with Crippen LogP contribution in [0.4, 0.5) is 0 Å². The molecule has 0 bridgehead atoms. The molecule has 2 aromatic heterocycles. The van der Waals surface area contributed by atoms with Crippen molar-refractivity contribution < 1.29 is 4.42 Å². The van der Waals surface area contributed by atoms with Crippen LogP contribution < -0.4 is 0 Å². The van der Waals surface area contributed by atoms with Crippen molar-refractivity contribution in [3.8, 4) is 39.6 Å². The molecule has 0 saturated heterocycles. The molecule has 0 atom stereocenters. The SMILES string of the molecule is Cc1ccc(-n2c(-c3ccccc3)nnc2-c2ccc(-c3cccc4c3oc3ccccc34)cc2)cc1. The molecule has 0 aliphatic rings. The maximum Gasteiger partial charge on any atom is 0.168 e. The van der Waals surface area contributed by atoms with Crippen molar-refractivity contribution >= 4 is 21.9 Å². The first-order chi connectivity index (χ1) is 18.3. The second-order valence-corrected chi connectivity index (χ2v) is 9.24. The van der Waals surface area contributed by atoms with Gasteiger partial charge in [-0.1, -0.05) is 109 Å². The van der Waals surface area contributed by atoms with E-state index in [0.29, 0.717) is 0 Å². The smallest absolute Gasteiger partial charge is 0.168 e. The molecule has 176 valence electrons. The van der Waals surface area contributed by atoms with Gasteiger partial charge in [0.25, 0.3) is 0 Å². The minimum atomic E-state index is 0.802. The van der Waals surface area contributed by atoms with Crippen molar-refractivity contribution in [3.05, 3.63) is 127 Å². The molecule has 0 spiro atoms. The minimum absolute atomic E-state index is 0.802. The van der Waals surface area contributed by atoms with Crippen LogP contribution in [0.3, 0.4) is 0 Å². The van der Waals surface area contributed by atoms with Gasteiger partial charge in [0, 0.05) is 33.2 Å². The average molecular weight is 478 g/mol. The van der Waals surface area contributed by atoms with E-state index in [1.165, 1.54) is 5.56 Å². The summed E-state index contributed by atoms with van der Waals surface area (Å²) in [5.41, 5.74) is 8.24. The second-order valence-electron chi connectivity index (χ2n) is 9.24. The summed E-state index contributed by atoms with van der Waals surface area (Å²) in [6.07, 6.45) is 0. The molecule has 0 N–H and O–H groups in total. The van der Waals surface area contributed by atoms with E-state index in [9.17, 15) is 0 Å². The van der Waals surface area contributed by atoms with Gasteiger partial charge >= 0.3 is 0 Å². The number of hydrogen-bond donors (Lipinski definition) is 0. The maximum absolute atomic E-state index is 6.27. The fraction of sp³-hybridized carbons (Fsp3) is 0.0303. The van der Waals surface area contributed by atoms with E-state index >= 15 is 0 Å². The largest absolute Gasteiger partial charge is 0.455 e. The summed E-state index contributed by atoms with van der Waals surface area (Å²) in [7, 11) is 0. The van der Waals surface area contributed by atoms with Gasteiger partial charge in [-0.2, -0.15) is 0 Å². The lowest BCUT2D eigenvalue weighted by Crippen LogP contribution is -2.00. The monoisotopic (exact) mass is 477 g/mol. The minimum Gasteiger partial charge on any atom is -0.455 e. The van der Waals surface area contributed by atoms with Gasteiger partial charge < -0.3 is 4.42 Å². The molecule has 7 rings (SSSR count). The van der Waals surface area contributed by atoms with Gasteiger partial charge in [-0.15, -0.1) is 10.2 Å². The Morgan fingerprint density at radius 2 is 1.16 bits per heavy atom. The first-order valence-corrected chi connectivity index (χ1v) is 12.4. The molecule has 37 heavy (non-hydrogen) atoms. The maximum atomic E-state index is 6.27. The summed E-state index contributed by atoms with van der Waals surface area (Å²) in [6, 6.07) is 41.6. The van der Waals surface area contributed by atoms with Crippen LogP contribution in [0, 0.1) is 6.92 Å². The topological polar surface area (TPSA) is 43.9 Å². The van der Waals surface area contributed by atoms with Crippen molar-refractivity contribution in [2.75, 3.05) is 0 Å². The Balaban J connectivity index is 1.35. The molecular weight excluding hydrogens is 454 g/mol. The highest BCUT2D eigenvalue weighted by Crippen LogP contribution is 2.36. The Hall–Kier alpha value is -4.96. The molecule has 0 radical (unpaired) electrons. The number of furan rings is 1. The van der Waals surface area contributed by atoms with Crippen molar-refractivity contribution in [1.29, 1.82) is 0 Å². The highest BCUT2D eigenvalue weighted by molar-refractivity contribution is 6.09. The highest BCUT2D eigenvalue weighted by atomic mass is 16.3. The van der Waals surface area contributed by atoms with Crippen LogP contribution in [0.25, 0.3) is 61.5 Å². The molecule has 5 aromatic carbocycles. The van der Waals surface area contributed by atoms with E-state index in [4.69, 9.17) is 4.42 Å². The third-order valence-corrected chi connectivity index (χ3v) is 6.85. The zero-order valence-electron chi connectivity index (χ0n) is 20.3. The van der Waals surface area contributed by atoms with Crippen LogP contribution in [-0.4, -0.2) is 14.8 Å². The Morgan fingerprint density at radius 1 is 0.541 bits per heavy atom. The third kappa shape index (κ3) is 3.62. The average Bonchev–Trinajstić information content (AvgIpc) is 3.56. The molecule has 0 unspecified atom stereocenters. The quantitative estimate of drug-likeness (QED) is 0.255. The number of nitrogens with zero attached hydrogens (tertiary/aromatic N) is 3. The number of benzene rings is 5. The Labute approximate surface area is 214 Å². The normalized spacial score (nSPS) is 11.4. The number of aromatic nitrogens is 3. The number of para-hydroxylation sites is 2. The van der Waals surface area contributed by atoms with E-state index in [0.717, 1.165) is 61.5 Å². The van der Waals surface area contributed by atoms with Gasteiger partial charge in [-0.3, -0.25) is 4.57 Å². The standard InChI is InChI=1S/C33H23N3O/c1-22-14-20-26(21-15-22)36-32(24-8-3-2-4-9-24)34-35-33(36)25-18-16-23(17-19-25)27-11-7-12-29-28-10-5-6-13-30(28)37-31(27)29/h2-21H,1H3. The molecule has 0 saturated carbocycles. The van der Waals surface area contributed by atoms with E-state index in [1.807, 2.05) is 36.4 Å². The van der Waals surface area contributed by atoms with Crippen LogP contribution >= 0.6 is 0 Å². The molecule has 4 heteroatoms. The van der Waals surface area contributed by atoms with Crippen LogP contribution in [0.15, 0.2) is 126 Å². The Kier molecular flexibility index (Phi) is 4.96. The van der Waals surface area contributed by atoms with Gasteiger partial charge in [-0.05, 0) is 30.7 Å². The van der Waals surface area contributed by atoms with Crippen molar-refractivity contribution in [1.82, 2.24) is 14.8 Å². The van der Waals surface area contributed by atoms with Crippen molar-refractivity contribution in [2.45, 2.75) is 6.92 Å². The lowest BCUT2D eigenvalue weighted by Gasteiger charge is -2.12.